The lowest BCUT2D eigenvalue weighted by Crippen LogP contribution is -2.65. The molecular weight excluding hydrogens is 416 g/mol. The van der Waals surface area contributed by atoms with Gasteiger partial charge in [0.15, 0.2) is 0 Å². The highest BCUT2D eigenvalue weighted by Crippen LogP contribution is 2.27. The van der Waals surface area contributed by atoms with Crippen molar-refractivity contribution in [3.63, 3.8) is 0 Å². The Morgan fingerprint density at radius 2 is 1.32 bits per heavy atom. The highest BCUT2D eigenvalue weighted by Gasteiger charge is 2.45. The van der Waals surface area contributed by atoms with Crippen LogP contribution >= 0.6 is 0 Å². The second-order valence-electron chi connectivity index (χ2n) is 8.04. The molecule has 2 rings (SSSR count). The first kappa shape index (κ1) is 26.8. The van der Waals surface area contributed by atoms with Gasteiger partial charge >= 0.3 is 0 Å². The van der Waals surface area contributed by atoms with Gasteiger partial charge in [-0.2, -0.15) is 0 Å². The normalized spacial score (nSPS) is 41.4. The van der Waals surface area contributed by atoms with Crippen molar-refractivity contribution >= 4 is 0 Å². The summed E-state index contributed by atoms with van der Waals surface area (Å²) in [4.78, 5) is 0. The zero-order chi connectivity index (χ0) is 23.0. The molecule has 2 aliphatic rings. The summed E-state index contributed by atoms with van der Waals surface area (Å²) < 4.78 is 17.2. The summed E-state index contributed by atoms with van der Waals surface area (Å²) >= 11 is 0. The van der Waals surface area contributed by atoms with Gasteiger partial charge in [0.25, 0.3) is 0 Å². The van der Waals surface area contributed by atoms with Crippen molar-refractivity contribution in [2.75, 3.05) is 52.7 Å². The van der Waals surface area contributed by atoms with Crippen molar-refractivity contribution in [3.8, 4) is 0 Å². The fourth-order valence-electron chi connectivity index (χ4n) is 4.27. The van der Waals surface area contributed by atoms with Crippen molar-refractivity contribution in [3.05, 3.63) is 0 Å². The van der Waals surface area contributed by atoms with Crippen molar-refractivity contribution in [2.24, 2.45) is 5.92 Å². The maximum absolute atomic E-state index is 10.8. The Hall–Kier alpha value is -0.480. The highest BCUT2D eigenvalue weighted by molar-refractivity contribution is 4.97. The molecule has 2 fully saturated rings. The molecule has 0 aliphatic carbocycles. The summed E-state index contributed by atoms with van der Waals surface area (Å²) in [6.07, 6.45) is -6.20. The van der Waals surface area contributed by atoms with Crippen molar-refractivity contribution < 1.29 is 50.0 Å². The summed E-state index contributed by atoms with van der Waals surface area (Å²) in [5.41, 5.74) is 0. The third-order valence-corrected chi connectivity index (χ3v) is 5.96. The largest absolute Gasteiger partial charge is 0.395 e. The smallest absolute Gasteiger partial charge is 0.110 e. The molecule has 2 aliphatic heterocycles. The summed E-state index contributed by atoms with van der Waals surface area (Å²) in [7, 11) is 0. The molecule has 0 aromatic carbocycles. The van der Waals surface area contributed by atoms with Gasteiger partial charge in [-0.3, -0.25) is 0 Å². The molecule has 0 aromatic rings. The molecule has 0 saturated carbocycles. The molecule has 31 heavy (non-hydrogen) atoms. The van der Waals surface area contributed by atoms with Crippen LogP contribution < -0.4 is 10.6 Å². The molecule has 10 atom stereocenters. The Bertz CT molecular complexity index is 504. The molecule has 10 unspecified atom stereocenters. The second-order valence-corrected chi connectivity index (χ2v) is 8.04. The number of aliphatic hydroxyl groups is 7. The Balaban J connectivity index is 2.00. The van der Waals surface area contributed by atoms with Gasteiger partial charge in [0.05, 0.1) is 76.1 Å². The maximum atomic E-state index is 10.8. The Morgan fingerprint density at radius 3 is 1.90 bits per heavy atom. The minimum Gasteiger partial charge on any atom is -0.395 e. The predicted octanol–water partition coefficient (Wildman–Crippen LogP) is -4.86. The van der Waals surface area contributed by atoms with Crippen molar-refractivity contribution in [1.29, 1.82) is 0 Å². The van der Waals surface area contributed by atoms with Crippen LogP contribution in [-0.2, 0) is 14.2 Å². The zero-order valence-corrected chi connectivity index (χ0v) is 17.8. The molecule has 2 heterocycles. The minimum absolute atomic E-state index is 0.0193. The zero-order valence-electron chi connectivity index (χ0n) is 17.8. The molecule has 12 nitrogen and oxygen atoms in total. The van der Waals surface area contributed by atoms with E-state index in [-0.39, 0.29) is 52.2 Å². The van der Waals surface area contributed by atoms with E-state index in [1.165, 1.54) is 0 Å². The Morgan fingerprint density at radius 1 is 0.710 bits per heavy atom. The minimum atomic E-state index is -1.30. The molecular formula is C19H38N2O10. The van der Waals surface area contributed by atoms with E-state index in [1.54, 1.807) is 6.92 Å². The van der Waals surface area contributed by atoms with Crippen LogP contribution in [0.3, 0.4) is 0 Å². The average molecular weight is 455 g/mol. The first-order valence-electron chi connectivity index (χ1n) is 10.7. The van der Waals surface area contributed by atoms with Crippen LogP contribution in [0.25, 0.3) is 0 Å². The molecule has 0 radical (unpaired) electrons. The van der Waals surface area contributed by atoms with E-state index in [4.69, 9.17) is 24.4 Å². The molecule has 0 amide bonds. The number of hydrogen-bond donors (Lipinski definition) is 9. The summed E-state index contributed by atoms with van der Waals surface area (Å²) in [5.74, 6) is -0.561. The number of ether oxygens (including phenoxy) is 3. The van der Waals surface area contributed by atoms with E-state index >= 15 is 0 Å². The molecule has 2 saturated heterocycles. The van der Waals surface area contributed by atoms with E-state index < -0.39 is 61.2 Å². The molecule has 12 heteroatoms. The van der Waals surface area contributed by atoms with E-state index in [1.807, 2.05) is 0 Å². The van der Waals surface area contributed by atoms with E-state index in [0.29, 0.717) is 0 Å². The fraction of sp³-hybridized carbons (Fsp3) is 1.00. The van der Waals surface area contributed by atoms with E-state index in [0.717, 1.165) is 0 Å². The van der Waals surface area contributed by atoms with E-state index in [9.17, 15) is 25.5 Å². The Kier molecular flexibility index (Phi) is 11.5. The molecule has 0 bridgehead atoms. The maximum Gasteiger partial charge on any atom is 0.110 e. The van der Waals surface area contributed by atoms with Gasteiger partial charge in [0.2, 0.25) is 0 Å². The lowest BCUT2D eigenvalue weighted by molar-refractivity contribution is -0.213. The number of nitrogens with one attached hydrogen (secondary N) is 2. The number of rotatable bonds is 12. The van der Waals surface area contributed by atoms with Gasteiger partial charge < -0.3 is 60.6 Å². The Labute approximate surface area is 181 Å². The standard InChI is InChI=1S/C19H38N2O10/c1-10-15(20-2-4-22)17(26)11(12(6-24)30-10)8-29-9-14-16(21-3-5-23)19(28)18(27)13(7-25)31-14/h10-28H,2-9H2,1H3. The monoisotopic (exact) mass is 454 g/mol. The molecule has 184 valence electrons. The van der Waals surface area contributed by atoms with Gasteiger partial charge in [-0.15, -0.1) is 0 Å². The third kappa shape index (κ3) is 6.76. The fourth-order valence-corrected chi connectivity index (χ4v) is 4.27. The predicted molar refractivity (Wildman–Crippen MR) is 107 cm³/mol. The van der Waals surface area contributed by atoms with Crippen molar-refractivity contribution in [2.45, 2.75) is 61.7 Å². The molecule has 0 spiro atoms. The lowest BCUT2D eigenvalue weighted by Gasteiger charge is -2.45. The van der Waals surface area contributed by atoms with Crippen LogP contribution in [0.1, 0.15) is 6.92 Å². The third-order valence-electron chi connectivity index (χ3n) is 5.96. The average Bonchev–Trinajstić information content (AvgIpc) is 2.76. The quantitative estimate of drug-likeness (QED) is 0.137. The van der Waals surface area contributed by atoms with Gasteiger partial charge in [0.1, 0.15) is 18.3 Å². The molecule has 0 aromatic heterocycles. The van der Waals surface area contributed by atoms with Crippen LogP contribution in [-0.4, -0.2) is 143 Å². The van der Waals surface area contributed by atoms with Gasteiger partial charge in [0, 0.05) is 19.0 Å². The SMILES string of the molecule is CC1OC(CO)C(COCC2OC(CO)C(O)C(O)C2NCCO)C(O)C1NCCO. The van der Waals surface area contributed by atoms with Gasteiger partial charge in [-0.1, -0.05) is 0 Å². The number of hydrogen-bond acceptors (Lipinski definition) is 12. The summed E-state index contributed by atoms with van der Waals surface area (Å²) in [6, 6.07) is -1.20. The van der Waals surface area contributed by atoms with E-state index in [2.05, 4.69) is 10.6 Å². The second kappa shape index (κ2) is 13.3. The van der Waals surface area contributed by atoms with Crippen LogP contribution in [0.2, 0.25) is 0 Å². The summed E-state index contributed by atoms with van der Waals surface area (Å²) in [6.45, 7) is 1.13. The first-order valence-corrected chi connectivity index (χ1v) is 10.7. The van der Waals surface area contributed by atoms with Crippen LogP contribution in [0.15, 0.2) is 0 Å². The van der Waals surface area contributed by atoms with Crippen LogP contribution in [0.5, 0.6) is 0 Å². The van der Waals surface area contributed by atoms with Crippen LogP contribution in [0.4, 0.5) is 0 Å². The number of aliphatic hydroxyl groups excluding tert-OH is 7. The summed E-state index contributed by atoms with van der Waals surface area (Å²) in [5, 5.41) is 74.4. The topological polar surface area (TPSA) is 193 Å². The van der Waals surface area contributed by atoms with Crippen LogP contribution in [0, 0.1) is 5.92 Å². The first-order chi connectivity index (χ1) is 14.9. The molecule has 9 N–H and O–H groups in total. The van der Waals surface area contributed by atoms with Gasteiger partial charge in [-0.25, -0.2) is 0 Å². The lowest BCUT2D eigenvalue weighted by atomic mass is 9.86. The van der Waals surface area contributed by atoms with Gasteiger partial charge in [-0.05, 0) is 6.92 Å². The highest BCUT2D eigenvalue weighted by atomic mass is 16.6. The van der Waals surface area contributed by atoms with Crippen molar-refractivity contribution in [1.82, 2.24) is 10.6 Å².